The number of amides is 1. The lowest BCUT2D eigenvalue weighted by atomic mass is 10.2. The van der Waals surface area contributed by atoms with E-state index in [9.17, 15) is 4.79 Å². The van der Waals surface area contributed by atoms with Gasteiger partial charge in [-0.15, -0.1) is 11.3 Å². The van der Waals surface area contributed by atoms with Gasteiger partial charge >= 0.3 is 0 Å². The first-order valence-electron chi connectivity index (χ1n) is 8.02. The van der Waals surface area contributed by atoms with Crippen molar-refractivity contribution in [2.24, 2.45) is 0 Å². The van der Waals surface area contributed by atoms with Gasteiger partial charge in [-0.1, -0.05) is 30.3 Å². The van der Waals surface area contributed by atoms with Crippen molar-refractivity contribution in [3.63, 3.8) is 0 Å². The lowest BCUT2D eigenvalue weighted by molar-refractivity contribution is 0.0675. The fraction of sp³-hybridized carbons (Fsp3) is 0.263. The molecule has 2 aromatic heterocycles. The number of hydrogen-bond acceptors (Lipinski definition) is 5. The number of hydrogen-bond donors (Lipinski definition) is 0. The van der Waals surface area contributed by atoms with E-state index >= 15 is 0 Å². The lowest BCUT2D eigenvalue weighted by Gasteiger charge is -2.21. The molecular weight excluding hydrogens is 336 g/mol. The molecule has 5 nitrogen and oxygen atoms in total. The molecule has 1 amide bonds. The maximum Gasteiger partial charge on any atom is 0.273 e. The smallest absolute Gasteiger partial charge is 0.273 e. The van der Waals surface area contributed by atoms with Gasteiger partial charge in [0.05, 0.1) is 6.61 Å². The Kier molecular flexibility index (Phi) is 5.63. The van der Waals surface area contributed by atoms with E-state index in [1.54, 1.807) is 17.4 Å². The summed E-state index contributed by atoms with van der Waals surface area (Å²) in [6.07, 6.45) is 0. The molecular formula is C19H20N2O3S. The maximum atomic E-state index is 12.9. The average molecular weight is 356 g/mol. The van der Waals surface area contributed by atoms with Gasteiger partial charge in [0.25, 0.3) is 5.91 Å². The Balaban J connectivity index is 1.78. The Morgan fingerprint density at radius 1 is 1.24 bits per heavy atom. The van der Waals surface area contributed by atoms with E-state index < -0.39 is 0 Å². The third-order valence-corrected chi connectivity index (χ3v) is 4.60. The van der Waals surface area contributed by atoms with Crippen LogP contribution in [0.2, 0.25) is 0 Å². The highest BCUT2D eigenvalue weighted by Gasteiger charge is 2.20. The summed E-state index contributed by atoms with van der Waals surface area (Å²) in [7, 11) is 1.63. The monoisotopic (exact) mass is 356 g/mol. The summed E-state index contributed by atoms with van der Waals surface area (Å²) in [6, 6.07) is 13.7. The first-order chi connectivity index (χ1) is 12.2. The van der Waals surface area contributed by atoms with Crippen LogP contribution in [0.4, 0.5) is 0 Å². The van der Waals surface area contributed by atoms with Gasteiger partial charge in [0.15, 0.2) is 10.8 Å². The second-order valence-electron chi connectivity index (χ2n) is 5.65. The van der Waals surface area contributed by atoms with Crippen molar-refractivity contribution in [3.05, 3.63) is 64.9 Å². The minimum absolute atomic E-state index is 0.105. The summed E-state index contributed by atoms with van der Waals surface area (Å²) < 4.78 is 10.7. The van der Waals surface area contributed by atoms with E-state index in [-0.39, 0.29) is 5.91 Å². The first-order valence-corrected chi connectivity index (χ1v) is 8.90. The predicted molar refractivity (Wildman–Crippen MR) is 97.6 cm³/mol. The molecule has 0 atom stereocenters. The summed E-state index contributed by atoms with van der Waals surface area (Å²) in [5, 5.41) is 2.49. The van der Waals surface area contributed by atoms with Gasteiger partial charge in [-0.05, 0) is 24.6 Å². The molecule has 1 aromatic carbocycles. The summed E-state index contributed by atoms with van der Waals surface area (Å²) >= 11 is 1.41. The van der Waals surface area contributed by atoms with E-state index in [1.807, 2.05) is 49.4 Å². The van der Waals surface area contributed by atoms with Crippen LogP contribution in [0.5, 0.6) is 0 Å². The first kappa shape index (κ1) is 17.4. The zero-order chi connectivity index (χ0) is 17.6. The van der Waals surface area contributed by atoms with Crippen LogP contribution in [0, 0.1) is 6.92 Å². The molecule has 25 heavy (non-hydrogen) atoms. The van der Waals surface area contributed by atoms with Gasteiger partial charge in [0, 0.05) is 25.6 Å². The van der Waals surface area contributed by atoms with Crippen molar-refractivity contribution in [2.45, 2.75) is 13.5 Å². The van der Waals surface area contributed by atoms with E-state index in [0.717, 1.165) is 11.3 Å². The SMILES string of the molecule is COCCN(Cc1ccccc1)C(=O)c1csc(-c2ccc(C)o2)n1. The molecule has 0 N–H and O–H groups in total. The highest BCUT2D eigenvalue weighted by molar-refractivity contribution is 7.13. The topological polar surface area (TPSA) is 55.6 Å². The minimum atomic E-state index is -0.105. The van der Waals surface area contributed by atoms with Gasteiger partial charge in [-0.3, -0.25) is 4.79 Å². The second-order valence-corrected chi connectivity index (χ2v) is 6.51. The third kappa shape index (κ3) is 4.35. The third-order valence-electron chi connectivity index (χ3n) is 3.74. The Morgan fingerprint density at radius 2 is 2.04 bits per heavy atom. The summed E-state index contributed by atoms with van der Waals surface area (Å²) in [4.78, 5) is 19.1. The number of furan rings is 1. The number of methoxy groups -OCH3 is 1. The summed E-state index contributed by atoms with van der Waals surface area (Å²) in [5.74, 6) is 1.41. The Bertz CT molecular complexity index is 826. The molecule has 0 saturated heterocycles. The standard InChI is InChI=1S/C19H20N2O3S/c1-14-8-9-17(24-14)18-20-16(13-25-18)19(22)21(10-11-23-2)12-15-6-4-3-5-7-15/h3-9,13H,10-12H2,1-2H3. The molecule has 0 aliphatic rings. The fourth-order valence-electron chi connectivity index (χ4n) is 2.45. The molecule has 0 unspecified atom stereocenters. The zero-order valence-electron chi connectivity index (χ0n) is 14.3. The number of ether oxygens (including phenoxy) is 1. The molecule has 0 fully saturated rings. The maximum absolute atomic E-state index is 12.9. The predicted octanol–water partition coefficient (Wildman–Crippen LogP) is 4.00. The molecule has 0 bridgehead atoms. The van der Waals surface area contributed by atoms with Crippen molar-refractivity contribution in [3.8, 4) is 10.8 Å². The number of nitrogens with zero attached hydrogens (tertiary/aromatic N) is 2. The molecule has 2 heterocycles. The Labute approximate surface area is 150 Å². The van der Waals surface area contributed by atoms with Gasteiger partial charge in [0.2, 0.25) is 0 Å². The van der Waals surface area contributed by atoms with Crippen LogP contribution < -0.4 is 0 Å². The van der Waals surface area contributed by atoms with E-state index in [2.05, 4.69) is 4.98 Å². The molecule has 3 rings (SSSR count). The van der Waals surface area contributed by atoms with E-state index in [1.165, 1.54) is 11.3 Å². The van der Waals surface area contributed by atoms with Crippen molar-refractivity contribution >= 4 is 17.2 Å². The molecule has 130 valence electrons. The number of thiazole rings is 1. The van der Waals surface area contributed by atoms with Gasteiger partial charge in [-0.25, -0.2) is 4.98 Å². The Morgan fingerprint density at radius 3 is 2.72 bits per heavy atom. The molecule has 0 aliphatic carbocycles. The largest absolute Gasteiger partial charge is 0.459 e. The van der Waals surface area contributed by atoms with Crippen LogP contribution >= 0.6 is 11.3 Å². The van der Waals surface area contributed by atoms with Gasteiger partial charge < -0.3 is 14.1 Å². The molecule has 6 heteroatoms. The normalized spacial score (nSPS) is 10.8. The number of carbonyl (C=O) groups excluding carboxylic acids is 1. The van der Waals surface area contributed by atoms with Gasteiger partial charge in [-0.2, -0.15) is 0 Å². The van der Waals surface area contributed by atoms with E-state index in [0.29, 0.717) is 36.2 Å². The molecule has 0 spiro atoms. The van der Waals surface area contributed by atoms with E-state index in [4.69, 9.17) is 9.15 Å². The number of rotatable bonds is 7. The number of benzene rings is 1. The second kappa shape index (κ2) is 8.09. The van der Waals surface area contributed by atoms with Crippen LogP contribution in [-0.2, 0) is 11.3 Å². The van der Waals surface area contributed by atoms with Crippen molar-refractivity contribution in [2.75, 3.05) is 20.3 Å². The minimum Gasteiger partial charge on any atom is -0.459 e. The fourth-order valence-corrected chi connectivity index (χ4v) is 3.21. The number of carbonyl (C=O) groups is 1. The Hall–Kier alpha value is -2.44. The van der Waals surface area contributed by atoms with Gasteiger partial charge in [0.1, 0.15) is 11.5 Å². The van der Waals surface area contributed by atoms with Crippen molar-refractivity contribution in [1.82, 2.24) is 9.88 Å². The molecule has 3 aromatic rings. The average Bonchev–Trinajstić information content (AvgIpc) is 3.28. The molecule has 0 aliphatic heterocycles. The highest BCUT2D eigenvalue weighted by Crippen LogP contribution is 2.26. The van der Waals surface area contributed by atoms with Crippen LogP contribution in [0.25, 0.3) is 10.8 Å². The van der Waals surface area contributed by atoms with Crippen LogP contribution in [0.1, 0.15) is 21.8 Å². The van der Waals surface area contributed by atoms with Crippen LogP contribution in [0.3, 0.4) is 0 Å². The van der Waals surface area contributed by atoms with Crippen LogP contribution in [0.15, 0.2) is 52.3 Å². The number of aromatic nitrogens is 1. The molecule has 0 radical (unpaired) electrons. The summed E-state index contributed by atoms with van der Waals surface area (Å²) in [6.45, 7) is 3.40. The molecule has 0 saturated carbocycles. The number of aryl methyl sites for hydroxylation is 1. The van der Waals surface area contributed by atoms with Crippen molar-refractivity contribution in [1.29, 1.82) is 0 Å². The highest BCUT2D eigenvalue weighted by atomic mass is 32.1. The lowest BCUT2D eigenvalue weighted by Crippen LogP contribution is -2.33. The quantitative estimate of drug-likeness (QED) is 0.642. The van der Waals surface area contributed by atoms with Crippen LogP contribution in [-0.4, -0.2) is 36.1 Å². The summed E-state index contributed by atoms with van der Waals surface area (Å²) in [5.41, 5.74) is 1.50. The zero-order valence-corrected chi connectivity index (χ0v) is 15.1. The van der Waals surface area contributed by atoms with Crippen molar-refractivity contribution < 1.29 is 13.9 Å².